The summed E-state index contributed by atoms with van der Waals surface area (Å²) < 4.78 is 0.708. The van der Waals surface area contributed by atoms with Crippen LogP contribution in [0.25, 0.3) is 10.2 Å². The van der Waals surface area contributed by atoms with Crippen molar-refractivity contribution in [2.75, 3.05) is 10.7 Å². The Morgan fingerprint density at radius 3 is 2.76 bits per heavy atom. The van der Waals surface area contributed by atoms with E-state index < -0.39 is 0 Å². The molecule has 0 atom stereocenters. The van der Waals surface area contributed by atoms with Crippen molar-refractivity contribution in [2.45, 2.75) is 27.2 Å². The Kier molecular flexibility index (Phi) is 5.03. The molecule has 0 unspecified atom stereocenters. The average molecular weight is 345 g/mol. The molecule has 1 heterocycles. The molecule has 0 saturated carbocycles. The van der Waals surface area contributed by atoms with Gasteiger partial charge < -0.3 is 5.32 Å². The molecule has 1 amide bonds. The van der Waals surface area contributed by atoms with Crippen molar-refractivity contribution in [3.63, 3.8) is 0 Å². The molecule has 2 rings (SSSR count). The molecule has 0 aliphatic rings. The molecule has 2 N–H and O–H groups in total. The van der Waals surface area contributed by atoms with E-state index in [4.69, 9.17) is 23.2 Å². The third kappa shape index (κ3) is 3.64. The number of nitrogens with zero attached hydrogens (tertiary/aromatic N) is 2. The van der Waals surface area contributed by atoms with Gasteiger partial charge in [-0.15, -0.1) is 0 Å². The molecule has 8 heteroatoms. The Bertz CT molecular complexity index is 727. The lowest BCUT2D eigenvalue weighted by Gasteiger charge is -2.06. The molecular weight excluding hydrogens is 331 g/mol. The molecule has 1 aromatic heterocycles. The minimum Gasteiger partial charge on any atom is -0.325 e. The van der Waals surface area contributed by atoms with Gasteiger partial charge in [-0.1, -0.05) is 41.5 Å². The lowest BCUT2D eigenvalue weighted by molar-refractivity contribution is -0.114. The first-order chi connectivity index (χ1) is 9.92. The smallest absolute Gasteiger partial charge is 0.221 e. The van der Waals surface area contributed by atoms with Gasteiger partial charge in [-0.05, 0) is 19.4 Å². The third-order valence-corrected chi connectivity index (χ3v) is 4.50. The molecule has 0 aliphatic heterocycles. The highest BCUT2D eigenvalue weighted by atomic mass is 35.5. The van der Waals surface area contributed by atoms with Gasteiger partial charge in [-0.2, -0.15) is 5.10 Å². The molecule has 112 valence electrons. The van der Waals surface area contributed by atoms with Crippen LogP contribution in [0.5, 0.6) is 0 Å². The van der Waals surface area contributed by atoms with Crippen LogP contribution in [0.3, 0.4) is 0 Å². The number of nitrogens with one attached hydrogen (secondary N) is 2. The summed E-state index contributed by atoms with van der Waals surface area (Å²) in [6.07, 6.45) is 0.853. The zero-order valence-corrected chi connectivity index (χ0v) is 14.1. The average Bonchev–Trinajstić information content (AvgIpc) is 2.86. The van der Waals surface area contributed by atoms with E-state index in [1.54, 1.807) is 6.07 Å². The molecule has 0 saturated heterocycles. The summed E-state index contributed by atoms with van der Waals surface area (Å²) in [5.74, 6) is -0.210. The van der Waals surface area contributed by atoms with Gasteiger partial charge in [0, 0.05) is 12.6 Å². The maximum atomic E-state index is 11.2. The van der Waals surface area contributed by atoms with Crippen molar-refractivity contribution >= 4 is 67.2 Å². The summed E-state index contributed by atoms with van der Waals surface area (Å²) in [5, 5.41) is 8.30. The summed E-state index contributed by atoms with van der Waals surface area (Å²) in [6.45, 7) is 5.36. The fraction of sp³-hybridized carbons (Fsp3) is 0.308. The van der Waals surface area contributed by atoms with E-state index in [0.717, 1.165) is 12.1 Å². The minimum absolute atomic E-state index is 0.210. The van der Waals surface area contributed by atoms with E-state index in [-0.39, 0.29) is 5.91 Å². The van der Waals surface area contributed by atoms with Crippen LogP contribution >= 0.6 is 34.5 Å². The maximum absolute atomic E-state index is 11.2. The van der Waals surface area contributed by atoms with Gasteiger partial charge in [0.1, 0.15) is 5.52 Å². The highest BCUT2D eigenvalue weighted by Gasteiger charge is 2.15. The number of fused-ring (bicyclic) bond motifs is 1. The van der Waals surface area contributed by atoms with Crippen molar-refractivity contribution in [3.05, 3.63) is 16.1 Å². The van der Waals surface area contributed by atoms with Crippen LogP contribution in [0.4, 0.5) is 10.8 Å². The first-order valence-electron chi connectivity index (χ1n) is 6.27. The number of halogens is 2. The van der Waals surface area contributed by atoms with Crippen molar-refractivity contribution in [1.82, 2.24) is 4.98 Å². The topological polar surface area (TPSA) is 66.4 Å². The number of hydrazone groups is 1. The van der Waals surface area contributed by atoms with Crippen LogP contribution in [0, 0.1) is 0 Å². The van der Waals surface area contributed by atoms with Gasteiger partial charge in [0.2, 0.25) is 11.0 Å². The second kappa shape index (κ2) is 6.60. The zero-order valence-electron chi connectivity index (χ0n) is 11.8. The summed E-state index contributed by atoms with van der Waals surface area (Å²) in [6, 6.07) is 1.59. The number of thiazole rings is 1. The molecule has 5 nitrogen and oxygen atoms in total. The number of amides is 1. The van der Waals surface area contributed by atoms with E-state index >= 15 is 0 Å². The lowest BCUT2D eigenvalue weighted by atomic mass is 10.3. The first kappa shape index (κ1) is 16.0. The van der Waals surface area contributed by atoms with Crippen LogP contribution in [0.2, 0.25) is 10.0 Å². The van der Waals surface area contributed by atoms with Crippen molar-refractivity contribution in [3.8, 4) is 0 Å². The van der Waals surface area contributed by atoms with Gasteiger partial charge in [0.05, 0.1) is 20.4 Å². The molecule has 0 aliphatic carbocycles. The fourth-order valence-corrected chi connectivity index (χ4v) is 3.04. The molecule has 1 aromatic carbocycles. The normalized spacial score (nSPS) is 11.8. The van der Waals surface area contributed by atoms with E-state index in [9.17, 15) is 4.79 Å². The van der Waals surface area contributed by atoms with E-state index in [2.05, 4.69) is 20.8 Å². The van der Waals surface area contributed by atoms with E-state index in [1.807, 2.05) is 13.8 Å². The van der Waals surface area contributed by atoms with Crippen molar-refractivity contribution in [1.29, 1.82) is 0 Å². The van der Waals surface area contributed by atoms with Gasteiger partial charge in [-0.25, -0.2) is 4.98 Å². The highest BCUT2D eigenvalue weighted by Crippen LogP contribution is 2.40. The van der Waals surface area contributed by atoms with Gasteiger partial charge in [-0.3, -0.25) is 10.2 Å². The van der Waals surface area contributed by atoms with Crippen LogP contribution < -0.4 is 10.7 Å². The molecule has 0 bridgehead atoms. The number of rotatable bonds is 4. The standard InChI is InChI=1S/C13H14Cl2N4OS/c1-4-6(2)18-19-13-17-11-8(14)5-9(16-7(3)20)10(15)12(11)21-13/h5H,4H2,1-3H3,(H,16,20)(H,17,19)/b18-6+. The molecule has 2 aromatic rings. The number of anilines is 2. The fourth-order valence-electron chi connectivity index (χ4n) is 1.56. The van der Waals surface area contributed by atoms with Crippen LogP contribution in [0.15, 0.2) is 11.2 Å². The van der Waals surface area contributed by atoms with E-state index in [0.29, 0.717) is 31.1 Å². The number of hydrogen-bond acceptors (Lipinski definition) is 5. The van der Waals surface area contributed by atoms with Crippen molar-refractivity contribution in [2.24, 2.45) is 5.10 Å². The Morgan fingerprint density at radius 1 is 1.43 bits per heavy atom. The predicted molar refractivity (Wildman–Crippen MR) is 91.0 cm³/mol. The number of benzene rings is 1. The Hall–Kier alpha value is -1.37. The lowest BCUT2D eigenvalue weighted by Crippen LogP contribution is -2.06. The molecule has 0 fully saturated rings. The Balaban J connectivity index is 2.44. The Labute approximate surface area is 136 Å². The quantitative estimate of drug-likeness (QED) is 0.620. The second-order valence-electron chi connectivity index (χ2n) is 4.41. The summed E-state index contributed by atoms with van der Waals surface area (Å²) in [5.41, 5.74) is 4.92. The third-order valence-electron chi connectivity index (χ3n) is 2.73. The number of hydrogen-bond donors (Lipinski definition) is 2. The van der Waals surface area contributed by atoms with Crippen molar-refractivity contribution < 1.29 is 4.79 Å². The summed E-state index contributed by atoms with van der Waals surface area (Å²) in [7, 11) is 0. The highest BCUT2D eigenvalue weighted by molar-refractivity contribution is 7.23. The predicted octanol–water partition coefficient (Wildman–Crippen LogP) is 4.76. The second-order valence-corrected chi connectivity index (χ2v) is 6.19. The van der Waals surface area contributed by atoms with Gasteiger partial charge in [0.15, 0.2) is 0 Å². The molecule has 21 heavy (non-hydrogen) atoms. The number of carbonyl (C=O) groups is 1. The monoisotopic (exact) mass is 344 g/mol. The largest absolute Gasteiger partial charge is 0.325 e. The van der Waals surface area contributed by atoms with Gasteiger partial charge >= 0.3 is 0 Å². The van der Waals surface area contributed by atoms with Gasteiger partial charge in [0.25, 0.3) is 0 Å². The summed E-state index contributed by atoms with van der Waals surface area (Å²) in [4.78, 5) is 15.5. The van der Waals surface area contributed by atoms with Crippen LogP contribution in [-0.2, 0) is 4.79 Å². The van der Waals surface area contributed by atoms with E-state index in [1.165, 1.54) is 18.3 Å². The number of aromatic nitrogens is 1. The zero-order chi connectivity index (χ0) is 15.6. The Morgan fingerprint density at radius 2 is 2.14 bits per heavy atom. The number of carbonyl (C=O) groups excluding carboxylic acids is 1. The van der Waals surface area contributed by atoms with Crippen LogP contribution in [-0.4, -0.2) is 16.6 Å². The maximum Gasteiger partial charge on any atom is 0.221 e. The molecular formula is C13H14Cl2N4OS. The molecule has 0 radical (unpaired) electrons. The van der Waals surface area contributed by atoms with Crippen LogP contribution in [0.1, 0.15) is 27.2 Å². The minimum atomic E-state index is -0.210. The summed E-state index contributed by atoms with van der Waals surface area (Å²) >= 11 is 13.8. The first-order valence-corrected chi connectivity index (χ1v) is 7.85. The molecule has 0 spiro atoms. The SMILES string of the molecule is CC/C(C)=N/Nc1nc2c(Cl)cc(NC(C)=O)c(Cl)c2s1.